The maximum atomic E-state index is 13.3. The number of hydrogen-bond donors (Lipinski definition) is 6. The van der Waals surface area contributed by atoms with E-state index in [0.29, 0.717) is 16.8 Å². The number of nitrogens with one attached hydrogen (secondary N) is 4. The Balaban J connectivity index is 1.90. The molecular weight excluding hydrogens is 370 g/mol. The van der Waals surface area contributed by atoms with Crippen LogP contribution in [0.1, 0.15) is 27.9 Å². The van der Waals surface area contributed by atoms with Crippen molar-refractivity contribution in [2.24, 2.45) is 11.5 Å². The Labute approximate surface area is 168 Å². The number of carbonyl (C=O) groups excluding carboxylic acids is 2. The molecule has 1 aliphatic heterocycles. The number of rotatable bonds is 6. The summed E-state index contributed by atoms with van der Waals surface area (Å²) in [5.41, 5.74) is 13.2. The smallest absolute Gasteiger partial charge is 0.254 e. The molecule has 0 saturated carbocycles. The van der Waals surface area contributed by atoms with Gasteiger partial charge in [0, 0.05) is 12.1 Å². The standard InChI is InChI=1S/C20H23N7O2/c21-17(22)13-7-5-12(6-8-13)11-27-16-4-2-1-3-14(16)18(28)26-15(19(27)29)9-10-25-20(23)24/h1-8,15H,9-11H2,(H3,21,22)(H,26,28)(H4,23,24,25). The van der Waals surface area contributed by atoms with Crippen LogP contribution in [0, 0.1) is 10.8 Å². The van der Waals surface area contributed by atoms with Crippen molar-refractivity contribution in [2.45, 2.75) is 19.0 Å². The highest BCUT2D eigenvalue weighted by atomic mass is 16.2. The number of guanidine groups is 1. The Morgan fingerprint density at radius 2 is 1.76 bits per heavy atom. The van der Waals surface area contributed by atoms with Gasteiger partial charge in [-0.2, -0.15) is 0 Å². The van der Waals surface area contributed by atoms with Gasteiger partial charge in [0.25, 0.3) is 5.91 Å². The zero-order chi connectivity index (χ0) is 21.0. The molecule has 0 spiro atoms. The van der Waals surface area contributed by atoms with E-state index in [0.717, 1.165) is 5.56 Å². The van der Waals surface area contributed by atoms with E-state index >= 15 is 0 Å². The predicted molar refractivity (Wildman–Crippen MR) is 111 cm³/mol. The van der Waals surface area contributed by atoms with E-state index in [2.05, 4.69) is 10.6 Å². The molecule has 2 aromatic rings. The molecule has 3 rings (SSSR count). The molecule has 0 saturated heterocycles. The third kappa shape index (κ3) is 4.52. The van der Waals surface area contributed by atoms with Gasteiger partial charge in [-0.25, -0.2) is 0 Å². The minimum atomic E-state index is -0.752. The van der Waals surface area contributed by atoms with Crippen molar-refractivity contribution >= 4 is 29.3 Å². The Hall–Kier alpha value is -3.88. The lowest BCUT2D eigenvalue weighted by Gasteiger charge is -2.25. The lowest BCUT2D eigenvalue weighted by Crippen LogP contribution is -2.47. The molecule has 0 fully saturated rings. The van der Waals surface area contributed by atoms with Crippen molar-refractivity contribution in [1.82, 2.24) is 10.6 Å². The summed E-state index contributed by atoms with van der Waals surface area (Å²) < 4.78 is 0. The summed E-state index contributed by atoms with van der Waals surface area (Å²) in [6.07, 6.45) is 0.290. The van der Waals surface area contributed by atoms with Gasteiger partial charge in [0.15, 0.2) is 5.96 Å². The fraction of sp³-hybridized carbons (Fsp3) is 0.200. The molecule has 0 bridgehead atoms. The molecule has 0 radical (unpaired) electrons. The third-order valence-electron chi connectivity index (χ3n) is 4.66. The maximum absolute atomic E-state index is 13.3. The number of amides is 2. The summed E-state index contributed by atoms with van der Waals surface area (Å²) >= 11 is 0. The second kappa shape index (κ2) is 8.42. The molecule has 2 aromatic carbocycles. The van der Waals surface area contributed by atoms with Crippen LogP contribution in [0.3, 0.4) is 0 Å². The van der Waals surface area contributed by atoms with E-state index in [4.69, 9.17) is 22.3 Å². The zero-order valence-electron chi connectivity index (χ0n) is 15.7. The summed E-state index contributed by atoms with van der Waals surface area (Å²) in [5.74, 6) is -0.788. The van der Waals surface area contributed by atoms with Crippen molar-refractivity contribution in [1.29, 1.82) is 10.8 Å². The maximum Gasteiger partial charge on any atom is 0.254 e. The molecule has 9 nitrogen and oxygen atoms in total. The van der Waals surface area contributed by atoms with E-state index in [1.165, 1.54) is 0 Å². The summed E-state index contributed by atoms with van der Waals surface area (Å²) in [5, 5.41) is 20.2. The Bertz CT molecular complexity index is 956. The summed E-state index contributed by atoms with van der Waals surface area (Å²) in [7, 11) is 0. The van der Waals surface area contributed by atoms with Crippen molar-refractivity contribution < 1.29 is 9.59 Å². The van der Waals surface area contributed by atoms with Crippen molar-refractivity contribution in [3.8, 4) is 0 Å². The second-order valence-corrected chi connectivity index (χ2v) is 6.71. The van der Waals surface area contributed by atoms with Gasteiger partial charge in [0.1, 0.15) is 11.9 Å². The number of nitrogens with two attached hydrogens (primary N) is 2. The zero-order valence-corrected chi connectivity index (χ0v) is 15.7. The molecule has 9 heteroatoms. The largest absolute Gasteiger partial charge is 0.384 e. The first-order valence-electron chi connectivity index (χ1n) is 9.09. The molecular formula is C20H23N7O2. The monoisotopic (exact) mass is 393 g/mol. The highest BCUT2D eigenvalue weighted by molar-refractivity contribution is 6.10. The van der Waals surface area contributed by atoms with Gasteiger partial charge in [-0.3, -0.25) is 20.4 Å². The minimum absolute atomic E-state index is 0.0272. The van der Waals surface area contributed by atoms with Crippen molar-refractivity contribution in [3.63, 3.8) is 0 Å². The summed E-state index contributed by atoms with van der Waals surface area (Å²) in [4.78, 5) is 27.5. The molecule has 1 aliphatic rings. The number of hydrogen-bond acceptors (Lipinski definition) is 4. The van der Waals surface area contributed by atoms with Crippen molar-refractivity contribution in [2.75, 3.05) is 11.4 Å². The minimum Gasteiger partial charge on any atom is -0.384 e. The Morgan fingerprint density at radius 1 is 1.07 bits per heavy atom. The van der Waals surface area contributed by atoms with Gasteiger partial charge in [-0.05, 0) is 24.1 Å². The van der Waals surface area contributed by atoms with Crippen LogP contribution in [0.5, 0.6) is 0 Å². The van der Waals surface area contributed by atoms with Crippen LogP contribution in [0.2, 0.25) is 0 Å². The number of carbonyl (C=O) groups is 2. The average molecular weight is 393 g/mol. The molecule has 8 N–H and O–H groups in total. The summed E-state index contributed by atoms with van der Waals surface area (Å²) in [6, 6.07) is 13.3. The van der Waals surface area contributed by atoms with Crippen LogP contribution in [0.4, 0.5) is 5.69 Å². The number of para-hydroxylation sites is 1. The van der Waals surface area contributed by atoms with E-state index in [-0.39, 0.29) is 43.1 Å². The number of anilines is 1. The van der Waals surface area contributed by atoms with Crippen molar-refractivity contribution in [3.05, 3.63) is 65.2 Å². The number of fused-ring (bicyclic) bond motifs is 1. The fourth-order valence-corrected chi connectivity index (χ4v) is 3.19. The third-order valence-corrected chi connectivity index (χ3v) is 4.66. The fourth-order valence-electron chi connectivity index (χ4n) is 3.19. The Morgan fingerprint density at radius 3 is 2.41 bits per heavy atom. The van der Waals surface area contributed by atoms with Gasteiger partial charge in [-0.15, -0.1) is 0 Å². The molecule has 0 aromatic heterocycles. The first-order valence-corrected chi connectivity index (χ1v) is 9.09. The van der Waals surface area contributed by atoms with Crippen LogP contribution in [-0.2, 0) is 11.3 Å². The van der Waals surface area contributed by atoms with Crippen LogP contribution in [-0.4, -0.2) is 36.2 Å². The van der Waals surface area contributed by atoms with Crippen LogP contribution in [0.15, 0.2) is 48.5 Å². The van der Waals surface area contributed by atoms with Crippen LogP contribution >= 0.6 is 0 Å². The predicted octanol–water partition coefficient (Wildman–Crippen LogP) is 0.489. The van der Waals surface area contributed by atoms with Crippen LogP contribution < -0.4 is 27.0 Å². The molecule has 2 amide bonds. The van der Waals surface area contributed by atoms with E-state index in [1.54, 1.807) is 53.4 Å². The first-order chi connectivity index (χ1) is 13.9. The number of benzene rings is 2. The second-order valence-electron chi connectivity index (χ2n) is 6.71. The lowest BCUT2D eigenvalue weighted by atomic mass is 10.1. The van der Waals surface area contributed by atoms with E-state index in [1.807, 2.05) is 0 Å². The van der Waals surface area contributed by atoms with Gasteiger partial charge in [0.2, 0.25) is 5.91 Å². The molecule has 1 unspecified atom stereocenters. The topological polar surface area (TPSA) is 161 Å². The van der Waals surface area contributed by atoms with E-state index < -0.39 is 6.04 Å². The molecule has 150 valence electrons. The highest BCUT2D eigenvalue weighted by Gasteiger charge is 2.33. The van der Waals surface area contributed by atoms with Crippen LogP contribution in [0.25, 0.3) is 0 Å². The first kappa shape index (κ1) is 19.9. The highest BCUT2D eigenvalue weighted by Crippen LogP contribution is 2.26. The lowest BCUT2D eigenvalue weighted by molar-refractivity contribution is -0.120. The quantitative estimate of drug-likeness (QED) is 0.310. The normalized spacial score (nSPS) is 15.9. The SMILES string of the molecule is N=C(N)NCCC1NC(=O)c2ccccc2N(Cc2ccc(C(=N)N)cc2)C1=O. The van der Waals surface area contributed by atoms with Gasteiger partial charge >= 0.3 is 0 Å². The number of amidine groups is 1. The number of nitrogen functional groups attached to an aromatic ring is 1. The van der Waals surface area contributed by atoms with Gasteiger partial charge < -0.3 is 27.0 Å². The Kier molecular flexibility index (Phi) is 5.77. The average Bonchev–Trinajstić information content (AvgIpc) is 2.79. The molecule has 1 atom stereocenters. The molecule has 29 heavy (non-hydrogen) atoms. The number of nitrogens with zero attached hydrogens (tertiary/aromatic N) is 1. The summed E-state index contributed by atoms with van der Waals surface area (Å²) in [6.45, 7) is 0.545. The van der Waals surface area contributed by atoms with Gasteiger partial charge in [-0.1, -0.05) is 36.4 Å². The van der Waals surface area contributed by atoms with E-state index in [9.17, 15) is 9.59 Å². The molecule has 1 heterocycles. The van der Waals surface area contributed by atoms with Gasteiger partial charge in [0.05, 0.1) is 17.8 Å². The molecule has 0 aliphatic carbocycles.